The van der Waals surface area contributed by atoms with Crippen LogP contribution in [0.5, 0.6) is 11.5 Å². The molecule has 2 aromatic carbocycles. The normalized spacial score (nSPS) is 17.9. The number of rotatable bonds is 8. The van der Waals surface area contributed by atoms with Crippen molar-refractivity contribution in [1.82, 2.24) is 5.32 Å². The van der Waals surface area contributed by atoms with Crippen LogP contribution in [0.1, 0.15) is 34.6 Å². The Labute approximate surface area is 194 Å². The Balaban J connectivity index is 1.97. The van der Waals surface area contributed by atoms with Crippen molar-refractivity contribution in [3.63, 3.8) is 0 Å². The minimum absolute atomic E-state index is 0.0994. The van der Waals surface area contributed by atoms with Gasteiger partial charge in [0.25, 0.3) is 11.8 Å². The Kier molecular flexibility index (Phi) is 8.13. The summed E-state index contributed by atoms with van der Waals surface area (Å²) < 4.78 is 16.2. The summed E-state index contributed by atoms with van der Waals surface area (Å²) >= 11 is 0. The third-order valence-electron chi connectivity index (χ3n) is 5.53. The lowest BCUT2D eigenvalue weighted by atomic mass is 10.1. The predicted molar refractivity (Wildman–Crippen MR) is 128 cm³/mol. The molecule has 178 valence electrons. The number of carbonyl (C=O) groups is 2. The molecule has 0 aromatic heterocycles. The van der Waals surface area contributed by atoms with Crippen LogP contribution in [0, 0.1) is 0 Å². The molecule has 2 unspecified atom stereocenters. The van der Waals surface area contributed by atoms with E-state index in [0.29, 0.717) is 54.6 Å². The molecule has 33 heavy (non-hydrogen) atoms. The van der Waals surface area contributed by atoms with Gasteiger partial charge in [-0.05, 0) is 50.2 Å². The molecule has 1 aliphatic heterocycles. The molecule has 9 nitrogen and oxygen atoms in total. The first-order valence-electron chi connectivity index (χ1n) is 10.9. The molecule has 0 bridgehead atoms. The van der Waals surface area contributed by atoms with Gasteiger partial charge in [-0.15, -0.1) is 0 Å². The van der Waals surface area contributed by atoms with Gasteiger partial charge in [-0.3, -0.25) is 9.59 Å². The van der Waals surface area contributed by atoms with E-state index in [1.54, 1.807) is 30.3 Å². The monoisotopic (exact) mass is 456 g/mol. The van der Waals surface area contributed by atoms with E-state index in [4.69, 9.17) is 19.9 Å². The Hall–Kier alpha value is -3.30. The number of morpholine rings is 1. The van der Waals surface area contributed by atoms with Crippen LogP contribution in [0.25, 0.3) is 0 Å². The van der Waals surface area contributed by atoms with E-state index in [9.17, 15) is 9.59 Å². The SMILES string of the molecule is COc1ccc(C(=O)Nc2cc(C(=O)NCCN)ccc2N2C(C)COCC2C)cc1OC. The average molecular weight is 457 g/mol. The molecule has 0 saturated carbocycles. The van der Waals surface area contributed by atoms with Crippen LogP contribution < -0.4 is 30.7 Å². The highest BCUT2D eigenvalue weighted by Crippen LogP contribution is 2.33. The number of amides is 2. The quantitative estimate of drug-likeness (QED) is 0.558. The average Bonchev–Trinajstić information content (AvgIpc) is 2.82. The second-order valence-corrected chi connectivity index (χ2v) is 7.94. The largest absolute Gasteiger partial charge is 0.493 e. The van der Waals surface area contributed by atoms with Gasteiger partial charge in [0.05, 0.1) is 38.8 Å². The van der Waals surface area contributed by atoms with Gasteiger partial charge in [0.2, 0.25) is 0 Å². The lowest BCUT2D eigenvalue weighted by molar-refractivity contribution is 0.0757. The molecule has 1 fully saturated rings. The molecule has 9 heteroatoms. The van der Waals surface area contributed by atoms with Gasteiger partial charge in [0.1, 0.15) is 0 Å². The van der Waals surface area contributed by atoms with Gasteiger partial charge in [0.15, 0.2) is 11.5 Å². The van der Waals surface area contributed by atoms with Crippen molar-refractivity contribution < 1.29 is 23.8 Å². The maximum Gasteiger partial charge on any atom is 0.255 e. The summed E-state index contributed by atoms with van der Waals surface area (Å²) in [5.41, 5.74) is 7.70. The fraction of sp³-hybridized carbons (Fsp3) is 0.417. The van der Waals surface area contributed by atoms with Crippen LogP contribution in [-0.2, 0) is 4.74 Å². The molecule has 1 saturated heterocycles. The van der Waals surface area contributed by atoms with Crippen molar-refractivity contribution in [2.45, 2.75) is 25.9 Å². The van der Waals surface area contributed by atoms with Crippen LogP contribution in [-0.4, -0.2) is 64.4 Å². The van der Waals surface area contributed by atoms with E-state index >= 15 is 0 Å². The number of benzene rings is 2. The summed E-state index contributed by atoms with van der Waals surface area (Å²) in [6, 6.07) is 10.5. The number of nitrogens with zero attached hydrogens (tertiary/aromatic N) is 1. The lowest BCUT2D eigenvalue weighted by Gasteiger charge is -2.41. The number of ether oxygens (including phenoxy) is 3. The predicted octanol–water partition coefficient (Wildman–Crippen LogP) is 2.26. The third-order valence-corrected chi connectivity index (χ3v) is 5.53. The molecule has 2 atom stereocenters. The van der Waals surface area contributed by atoms with E-state index in [-0.39, 0.29) is 23.9 Å². The first kappa shape index (κ1) is 24.3. The van der Waals surface area contributed by atoms with Gasteiger partial charge in [-0.25, -0.2) is 0 Å². The van der Waals surface area contributed by atoms with Crippen LogP contribution in [0.15, 0.2) is 36.4 Å². The van der Waals surface area contributed by atoms with E-state index in [1.165, 1.54) is 14.2 Å². The zero-order chi connectivity index (χ0) is 24.0. The van der Waals surface area contributed by atoms with Gasteiger partial charge >= 0.3 is 0 Å². The molecule has 3 rings (SSSR count). The van der Waals surface area contributed by atoms with Crippen LogP contribution in [0.2, 0.25) is 0 Å². The highest BCUT2D eigenvalue weighted by molar-refractivity contribution is 6.07. The van der Waals surface area contributed by atoms with Gasteiger partial charge in [-0.2, -0.15) is 0 Å². The topological polar surface area (TPSA) is 115 Å². The molecular formula is C24H32N4O5. The highest BCUT2D eigenvalue weighted by Gasteiger charge is 2.28. The van der Waals surface area contributed by atoms with Crippen molar-refractivity contribution in [1.29, 1.82) is 0 Å². The van der Waals surface area contributed by atoms with Crippen LogP contribution in [0.3, 0.4) is 0 Å². The number of anilines is 2. The van der Waals surface area contributed by atoms with E-state index in [1.807, 2.05) is 6.07 Å². The third kappa shape index (κ3) is 5.55. The first-order chi connectivity index (χ1) is 15.9. The Morgan fingerprint density at radius 3 is 2.27 bits per heavy atom. The van der Waals surface area contributed by atoms with Gasteiger partial charge < -0.3 is 35.5 Å². The fourth-order valence-electron chi connectivity index (χ4n) is 3.94. The Bertz CT molecular complexity index is 987. The summed E-state index contributed by atoms with van der Waals surface area (Å²) in [6.07, 6.45) is 0. The maximum absolute atomic E-state index is 13.2. The number of methoxy groups -OCH3 is 2. The Morgan fingerprint density at radius 2 is 1.64 bits per heavy atom. The molecule has 0 spiro atoms. The summed E-state index contributed by atoms with van der Waals surface area (Å²) in [6.45, 7) is 5.99. The number of hydrogen-bond donors (Lipinski definition) is 3. The number of nitrogens with one attached hydrogen (secondary N) is 2. The van der Waals surface area contributed by atoms with E-state index in [2.05, 4.69) is 29.4 Å². The van der Waals surface area contributed by atoms with Crippen LogP contribution in [0.4, 0.5) is 11.4 Å². The summed E-state index contributed by atoms with van der Waals surface area (Å²) in [5, 5.41) is 5.75. The molecule has 0 aliphatic carbocycles. The van der Waals surface area contributed by atoms with E-state index in [0.717, 1.165) is 5.69 Å². The molecule has 2 amide bonds. The van der Waals surface area contributed by atoms with Crippen molar-refractivity contribution in [3.8, 4) is 11.5 Å². The molecule has 4 N–H and O–H groups in total. The van der Waals surface area contributed by atoms with Crippen molar-refractivity contribution in [2.75, 3.05) is 50.7 Å². The molecule has 1 aliphatic rings. The molecule has 1 heterocycles. The highest BCUT2D eigenvalue weighted by atomic mass is 16.5. The van der Waals surface area contributed by atoms with Crippen molar-refractivity contribution in [2.24, 2.45) is 5.73 Å². The van der Waals surface area contributed by atoms with Gasteiger partial charge in [-0.1, -0.05) is 0 Å². The number of hydrogen-bond acceptors (Lipinski definition) is 7. The van der Waals surface area contributed by atoms with Gasteiger partial charge in [0, 0.05) is 36.3 Å². The van der Waals surface area contributed by atoms with Crippen molar-refractivity contribution >= 4 is 23.2 Å². The van der Waals surface area contributed by atoms with Crippen LogP contribution >= 0.6 is 0 Å². The zero-order valence-electron chi connectivity index (χ0n) is 19.5. The molecule has 0 radical (unpaired) electrons. The zero-order valence-corrected chi connectivity index (χ0v) is 19.5. The summed E-state index contributed by atoms with van der Waals surface area (Å²) in [5.74, 6) is 0.405. The smallest absolute Gasteiger partial charge is 0.255 e. The summed E-state index contributed by atoms with van der Waals surface area (Å²) in [4.78, 5) is 27.9. The molecular weight excluding hydrogens is 424 g/mol. The van der Waals surface area contributed by atoms with E-state index < -0.39 is 0 Å². The second kappa shape index (κ2) is 11.0. The standard InChI is InChI=1S/C24H32N4O5/c1-15-13-33-14-16(2)28(15)20-7-5-17(23(29)26-10-9-25)11-19(20)27-24(30)18-6-8-21(31-3)22(12-18)32-4/h5-8,11-12,15-16H,9-10,13-14,25H2,1-4H3,(H,26,29)(H,27,30). The fourth-order valence-corrected chi connectivity index (χ4v) is 3.94. The maximum atomic E-state index is 13.2. The number of nitrogens with two attached hydrogens (primary N) is 1. The molecule has 2 aromatic rings. The first-order valence-corrected chi connectivity index (χ1v) is 10.9. The minimum atomic E-state index is -0.328. The Morgan fingerprint density at radius 1 is 1.00 bits per heavy atom. The number of carbonyl (C=O) groups excluding carboxylic acids is 2. The summed E-state index contributed by atoms with van der Waals surface area (Å²) in [7, 11) is 3.05. The minimum Gasteiger partial charge on any atom is -0.493 e. The second-order valence-electron chi connectivity index (χ2n) is 7.94. The van der Waals surface area contributed by atoms with Crippen molar-refractivity contribution in [3.05, 3.63) is 47.5 Å². The lowest BCUT2D eigenvalue weighted by Crippen LogP contribution is -2.50.